The first-order valence-corrected chi connectivity index (χ1v) is 8.20. The molecular weight excluding hydrogens is 344 g/mol. The second-order valence-corrected chi connectivity index (χ2v) is 6.35. The molecule has 2 aromatic rings. The first-order valence-electron chi connectivity index (χ1n) is 6.52. The van der Waals surface area contributed by atoms with Crippen molar-refractivity contribution >= 4 is 27.3 Å². The van der Waals surface area contributed by atoms with E-state index in [1.807, 2.05) is 11.4 Å². The third-order valence-corrected chi connectivity index (χ3v) is 5.06. The molecule has 0 spiro atoms. The van der Waals surface area contributed by atoms with Crippen LogP contribution in [0.15, 0.2) is 34.1 Å². The van der Waals surface area contributed by atoms with E-state index in [-0.39, 0.29) is 11.6 Å². The Morgan fingerprint density at radius 3 is 2.50 bits per heavy atom. The van der Waals surface area contributed by atoms with E-state index in [9.17, 15) is 8.78 Å². The summed E-state index contributed by atoms with van der Waals surface area (Å²) in [6.07, 6.45) is 1.27. The van der Waals surface area contributed by atoms with Crippen LogP contribution in [-0.4, -0.2) is 6.54 Å². The molecule has 5 heteroatoms. The number of benzene rings is 1. The first kappa shape index (κ1) is 15.6. The molecule has 2 rings (SSSR count). The highest BCUT2D eigenvalue weighted by molar-refractivity contribution is 9.10. The molecule has 1 aromatic carbocycles. The maximum Gasteiger partial charge on any atom is 0.129 e. The number of rotatable bonds is 6. The van der Waals surface area contributed by atoms with E-state index in [0.717, 1.165) is 22.3 Å². The molecule has 1 heterocycles. The zero-order valence-corrected chi connectivity index (χ0v) is 13.5. The summed E-state index contributed by atoms with van der Waals surface area (Å²) in [6.45, 7) is 2.88. The lowest BCUT2D eigenvalue weighted by Crippen LogP contribution is -2.24. The average molecular weight is 360 g/mol. The molecular formula is C15H16BrF2NS. The van der Waals surface area contributed by atoms with Gasteiger partial charge < -0.3 is 5.32 Å². The fourth-order valence-corrected chi connectivity index (χ4v) is 3.79. The van der Waals surface area contributed by atoms with Gasteiger partial charge in [-0.3, -0.25) is 0 Å². The number of thiophene rings is 1. The summed E-state index contributed by atoms with van der Waals surface area (Å²) in [5.74, 6) is -0.970. The van der Waals surface area contributed by atoms with Crippen molar-refractivity contribution in [1.29, 1.82) is 0 Å². The van der Waals surface area contributed by atoms with Crippen LogP contribution in [0.25, 0.3) is 0 Å². The van der Waals surface area contributed by atoms with Crippen LogP contribution in [0.3, 0.4) is 0 Å². The van der Waals surface area contributed by atoms with Crippen molar-refractivity contribution in [1.82, 2.24) is 5.32 Å². The Bertz CT molecular complexity index is 551. The second-order valence-electron chi connectivity index (χ2n) is 4.54. The molecule has 0 aliphatic rings. The Labute approximate surface area is 130 Å². The molecule has 0 aliphatic carbocycles. The highest BCUT2D eigenvalue weighted by Gasteiger charge is 2.19. The standard InChI is InChI=1S/C15H16BrF2NS/c1-2-7-19-14(15-11(16)6-8-20-15)9-10-12(17)4-3-5-13(10)18/h3-6,8,14,19H,2,7,9H2,1H3. The lowest BCUT2D eigenvalue weighted by Gasteiger charge is -2.18. The van der Waals surface area contributed by atoms with Crippen molar-refractivity contribution in [2.75, 3.05) is 6.54 Å². The van der Waals surface area contributed by atoms with Gasteiger partial charge in [0.2, 0.25) is 0 Å². The molecule has 0 saturated heterocycles. The van der Waals surface area contributed by atoms with Crippen LogP contribution in [0.2, 0.25) is 0 Å². The van der Waals surface area contributed by atoms with Crippen LogP contribution in [0.5, 0.6) is 0 Å². The van der Waals surface area contributed by atoms with Crippen molar-refractivity contribution in [3.63, 3.8) is 0 Å². The van der Waals surface area contributed by atoms with Crippen LogP contribution >= 0.6 is 27.3 Å². The van der Waals surface area contributed by atoms with Gasteiger partial charge in [0.25, 0.3) is 0 Å². The van der Waals surface area contributed by atoms with Crippen LogP contribution in [-0.2, 0) is 6.42 Å². The number of hydrogen-bond donors (Lipinski definition) is 1. The van der Waals surface area contributed by atoms with Crippen LogP contribution in [0, 0.1) is 11.6 Å². The quantitative estimate of drug-likeness (QED) is 0.758. The Balaban J connectivity index is 2.26. The third kappa shape index (κ3) is 3.65. The van der Waals surface area contributed by atoms with E-state index in [4.69, 9.17) is 0 Å². The molecule has 1 aromatic heterocycles. The molecule has 108 valence electrons. The molecule has 1 unspecified atom stereocenters. The highest BCUT2D eigenvalue weighted by Crippen LogP contribution is 2.32. The van der Waals surface area contributed by atoms with Crippen molar-refractivity contribution < 1.29 is 8.78 Å². The van der Waals surface area contributed by atoms with Crippen LogP contribution in [0.1, 0.15) is 29.8 Å². The van der Waals surface area contributed by atoms with Gasteiger partial charge in [0.05, 0.1) is 0 Å². The summed E-state index contributed by atoms with van der Waals surface area (Å²) in [6, 6.07) is 5.87. The van der Waals surface area contributed by atoms with Gasteiger partial charge in [0, 0.05) is 21.0 Å². The lowest BCUT2D eigenvalue weighted by molar-refractivity contribution is 0.493. The van der Waals surface area contributed by atoms with Crippen LogP contribution in [0.4, 0.5) is 8.78 Å². The van der Waals surface area contributed by atoms with Gasteiger partial charge >= 0.3 is 0 Å². The van der Waals surface area contributed by atoms with Gasteiger partial charge in [0.15, 0.2) is 0 Å². The SMILES string of the molecule is CCCNC(Cc1c(F)cccc1F)c1sccc1Br. The maximum absolute atomic E-state index is 13.8. The van der Waals surface area contributed by atoms with Gasteiger partial charge in [-0.15, -0.1) is 11.3 Å². The Hall–Kier alpha value is -0.780. The normalized spacial score (nSPS) is 12.6. The predicted octanol–water partition coefficient (Wildman–Crippen LogP) is 5.07. The fourth-order valence-electron chi connectivity index (χ4n) is 2.06. The smallest absolute Gasteiger partial charge is 0.129 e. The zero-order chi connectivity index (χ0) is 14.5. The molecule has 0 amide bonds. The molecule has 0 fully saturated rings. The number of halogens is 3. The van der Waals surface area contributed by atoms with Crippen molar-refractivity contribution in [2.45, 2.75) is 25.8 Å². The Kier molecular flexibility index (Phi) is 5.69. The minimum atomic E-state index is -0.485. The third-order valence-electron chi connectivity index (χ3n) is 3.07. The first-order chi connectivity index (χ1) is 9.63. The Morgan fingerprint density at radius 2 is 1.95 bits per heavy atom. The van der Waals surface area contributed by atoms with Gasteiger partial charge in [-0.25, -0.2) is 8.78 Å². The summed E-state index contributed by atoms with van der Waals surface area (Å²) in [4.78, 5) is 1.07. The largest absolute Gasteiger partial charge is 0.309 e. The summed E-state index contributed by atoms with van der Waals surface area (Å²) < 4.78 is 28.6. The summed E-state index contributed by atoms with van der Waals surface area (Å²) in [5, 5.41) is 5.33. The maximum atomic E-state index is 13.8. The van der Waals surface area contributed by atoms with E-state index in [2.05, 4.69) is 28.2 Å². The van der Waals surface area contributed by atoms with Gasteiger partial charge in [0.1, 0.15) is 11.6 Å². The molecule has 1 nitrogen and oxygen atoms in total. The molecule has 20 heavy (non-hydrogen) atoms. The molecule has 0 radical (unpaired) electrons. The summed E-state index contributed by atoms with van der Waals surface area (Å²) in [5.41, 5.74) is 0.140. The van der Waals surface area contributed by atoms with E-state index in [0.29, 0.717) is 6.42 Å². The lowest BCUT2D eigenvalue weighted by atomic mass is 10.0. The second kappa shape index (κ2) is 7.29. The number of hydrogen-bond acceptors (Lipinski definition) is 2. The topological polar surface area (TPSA) is 12.0 Å². The number of nitrogens with one attached hydrogen (secondary N) is 1. The minimum Gasteiger partial charge on any atom is -0.309 e. The van der Waals surface area contributed by atoms with E-state index < -0.39 is 11.6 Å². The van der Waals surface area contributed by atoms with Crippen LogP contribution < -0.4 is 5.32 Å². The van der Waals surface area contributed by atoms with Gasteiger partial charge in [-0.1, -0.05) is 13.0 Å². The van der Waals surface area contributed by atoms with E-state index in [1.165, 1.54) is 18.2 Å². The molecule has 0 aliphatic heterocycles. The van der Waals surface area contributed by atoms with Crippen molar-refractivity contribution in [3.8, 4) is 0 Å². The van der Waals surface area contributed by atoms with Gasteiger partial charge in [-0.2, -0.15) is 0 Å². The average Bonchev–Trinajstić information content (AvgIpc) is 2.84. The highest BCUT2D eigenvalue weighted by atomic mass is 79.9. The summed E-state index contributed by atoms with van der Waals surface area (Å²) >= 11 is 5.08. The zero-order valence-electron chi connectivity index (χ0n) is 11.1. The molecule has 0 bridgehead atoms. The summed E-state index contributed by atoms with van der Waals surface area (Å²) in [7, 11) is 0. The molecule has 1 N–H and O–H groups in total. The van der Waals surface area contributed by atoms with Crippen molar-refractivity contribution in [3.05, 3.63) is 56.2 Å². The Morgan fingerprint density at radius 1 is 1.25 bits per heavy atom. The fraction of sp³-hybridized carbons (Fsp3) is 0.333. The monoisotopic (exact) mass is 359 g/mol. The molecule has 0 saturated carbocycles. The van der Waals surface area contributed by atoms with E-state index >= 15 is 0 Å². The van der Waals surface area contributed by atoms with E-state index in [1.54, 1.807) is 11.3 Å². The predicted molar refractivity (Wildman–Crippen MR) is 83.1 cm³/mol. The minimum absolute atomic E-state index is 0.0873. The van der Waals surface area contributed by atoms with Gasteiger partial charge in [-0.05, 0) is 58.9 Å². The van der Waals surface area contributed by atoms with Crippen molar-refractivity contribution in [2.24, 2.45) is 0 Å². The molecule has 1 atom stereocenters.